The van der Waals surface area contributed by atoms with Crippen molar-refractivity contribution in [1.29, 1.82) is 0 Å². The van der Waals surface area contributed by atoms with Crippen molar-refractivity contribution in [2.24, 2.45) is 0 Å². The minimum absolute atomic E-state index is 0.0137. The second-order valence-electron chi connectivity index (χ2n) is 6.16. The molecule has 0 aliphatic rings. The second-order valence-corrected chi connectivity index (χ2v) is 7.10. The molecule has 0 saturated heterocycles. The lowest BCUT2D eigenvalue weighted by atomic mass is 9.98. The summed E-state index contributed by atoms with van der Waals surface area (Å²) >= 11 is 1.36. The third-order valence-corrected chi connectivity index (χ3v) is 4.32. The van der Waals surface area contributed by atoms with Gasteiger partial charge in [-0.2, -0.15) is 0 Å². The maximum absolute atomic E-state index is 12.9. The number of nitrogens with one attached hydrogen (secondary N) is 1. The van der Waals surface area contributed by atoms with Crippen molar-refractivity contribution in [2.45, 2.75) is 38.6 Å². The number of carbonyl (C=O) groups is 2. The Morgan fingerprint density at radius 1 is 1.29 bits per heavy atom. The van der Waals surface area contributed by atoms with Crippen LogP contribution in [0.2, 0.25) is 0 Å². The summed E-state index contributed by atoms with van der Waals surface area (Å²) < 4.78 is 12.9. The maximum atomic E-state index is 12.9. The predicted octanol–water partition coefficient (Wildman–Crippen LogP) is 3.25. The predicted molar refractivity (Wildman–Crippen MR) is 89.7 cm³/mol. The minimum Gasteiger partial charge on any atom is -0.481 e. The molecule has 0 aliphatic carbocycles. The van der Waals surface area contributed by atoms with E-state index in [2.05, 4.69) is 10.3 Å². The van der Waals surface area contributed by atoms with Crippen LogP contribution in [0.25, 0.3) is 0 Å². The van der Waals surface area contributed by atoms with Gasteiger partial charge in [0.05, 0.1) is 5.01 Å². The number of thiazole rings is 1. The molecule has 1 aromatic carbocycles. The van der Waals surface area contributed by atoms with Gasteiger partial charge in [0.2, 0.25) is 0 Å². The molecule has 1 heterocycles. The zero-order chi connectivity index (χ0) is 17.7. The molecule has 0 atom stereocenters. The number of carbonyl (C=O) groups excluding carboxylic acids is 1. The van der Waals surface area contributed by atoms with Crippen molar-refractivity contribution in [3.8, 4) is 0 Å². The summed E-state index contributed by atoms with van der Waals surface area (Å²) in [4.78, 5) is 27.2. The Balaban J connectivity index is 1.97. The molecule has 2 aromatic rings. The molecule has 0 spiro atoms. The molecular weight excluding hydrogens is 331 g/mol. The van der Waals surface area contributed by atoms with Gasteiger partial charge in [-0.25, -0.2) is 9.37 Å². The molecular formula is C17H19FN2O3S. The second kappa shape index (κ2) is 7.53. The van der Waals surface area contributed by atoms with E-state index in [0.717, 1.165) is 10.6 Å². The van der Waals surface area contributed by atoms with Crippen LogP contribution in [0.5, 0.6) is 0 Å². The summed E-state index contributed by atoms with van der Waals surface area (Å²) in [6.45, 7) is 3.55. The van der Waals surface area contributed by atoms with E-state index in [1.54, 1.807) is 31.4 Å². The molecule has 24 heavy (non-hydrogen) atoms. The largest absolute Gasteiger partial charge is 0.481 e. The molecule has 7 heteroatoms. The van der Waals surface area contributed by atoms with Gasteiger partial charge in [-0.3, -0.25) is 9.59 Å². The highest BCUT2D eigenvalue weighted by atomic mass is 32.1. The van der Waals surface area contributed by atoms with Crippen LogP contribution in [0, 0.1) is 5.82 Å². The minimum atomic E-state index is -0.896. The van der Waals surface area contributed by atoms with Gasteiger partial charge in [0.15, 0.2) is 0 Å². The number of halogens is 1. The van der Waals surface area contributed by atoms with E-state index in [1.165, 1.54) is 23.5 Å². The molecule has 0 unspecified atom stereocenters. The quantitative estimate of drug-likeness (QED) is 0.803. The SMILES string of the molecule is CC(C)(CCC(=O)O)NC(=O)c1csc(Cc2ccc(F)cc2)n1. The van der Waals surface area contributed by atoms with Gasteiger partial charge in [0, 0.05) is 23.8 Å². The zero-order valence-corrected chi connectivity index (χ0v) is 14.3. The number of hydrogen-bond acceptors (Lipinski definition) is 4. The lowest BCUT2D eigenvalue weighted by molar-refractivity contribution is -0.137. The van der Waals surface area contributed by atoms with Crippen LogP contribution in [-0.4, -0.2) is 27.5 Å². The summed E-state index contributed by atoms with van der Waals surface area (Å²) in [5.41, 5.74) is 0.593. The smallest absolute Gasteiger partial charge is 0.303 e. The Morgan fingerprint density at radius 3 is 2.58 bits per heavy atom. The lowest BCUT2D eigenvalue weighted by Gasteiger charge is -2.25. The van der Waals surface area contributed by atoms with Gasteiger partial charge in [-0.15, -0.1) is 11.3 Å². The molecule has 2 rings (SSSR count). The number of amides is 1. The third kappa shape index (κ3) is 5.42. The molecule has 0 saturated carbocycles. The van der Waals surface area contributed by atoms with Crippen molar-refractivity contribution in [3.63, 3.8) is 0 Å². The number of carboxylic acids is 1. The van der Waals surface area contributed by atoms with Crippen LogP contribution in [0.4, 0.5) is 4.39 Å². The van der Waals surface area contributed by atoms with Crippen LogP contribution in [0.15, 0.2) is 29.6 Å². The summed E-state index contributed by atoms with van der Waals surface area (Å²) in [5.74, 6) is -1.51. The third-order valence-electron chi connectivity index (χ3n) is 3.47. The normalized spacial score (nSPS) is 11.3. The number of nitrogens with zero attached hydrogens (tertiary/aromatic N) is 1. The van der Waals surface area contributed by atoms with E-state index in [1.807, 2.05) is 0 Å². The van der Waals surface area contributed by atoms with Crippen molar-refractivity contribution >= 4 is 23.2 Å². The van der Waals surface area contributed by atoms with Crippen molar-refractivity contribution in [3.05, 3.63) is 51.7 Å². The number of hydrogen-bond donors (Lipinski definition) is 2. The average molecular weight is 350 g/mol. The number of rotatable bonds is 7. The van der Waals surface area contributed by atoms with E-state index >= 15 is 0 Å². The first-order valence-corrected chi connectivity index (χ1v) is 8.36. The van der Waals surface area contributed by atoms with Crippen LogP contribution in [-0.2, 0) is 11.2 Å². The highest BCUT2D eigenvalue weighted by Crippen LogP contribution is 2.17. The molecule has 0 bridgehead atoms. The highest BCUT2D eigenvalue weighted by Gasteiger charge is 2.23. The molecule has 1 aromatic heterocycles. The summed E-state index contributed by atoms with van der Waals surface area (Å²) in [6, 6.07) is 6.15. The fraction of sp³-hybridized carbons (Fsp3) is 0.353. The average Bonchev–Trinajstić information content (AvgIpc) is 2.96. The number of aromatic nitrogens is 1. The van der Waals surface area contributed by atoms with Crippen molar-refractivity contribution in [1.82, 2.24) is 10.3 Å². The summed E-state index contributed by atoms with van der Waals surface area (Å²) in [6.07, 6.45) is 0.849. The first-order valence-electron chi connectivity index (χ1n) is 7.48. The Labute approximate surface area is 143 Å². The first kappa shape index (κ1) is 18.1. The van der Waals surface area contributed by atoms with E-state index in [4.69, 9.17) is 5.11 Å². The van der Waals surface area contributed by atoms with Crippen LogP contribution in [0.1, 0.15) is 47.7 Å². The number of aliphatic carboxylic acids is 1. The molecule has 2 N–H and O–H groups in total. The van der Waals surface area contributed by atoms with Gasteiger partial charge >= 0.3 is 5.97 Å². The summed E-state index contributed by atoms with van der Waals surface area (Å²) in [7, 11) is 0. The highest BCUT2D eigenvalue weighted by molar-refractivity contribution is 7.09. The lowest BCUT2D eigenvalue weighted by Crippen LogP contribution is -2.43. The Hall–Kier alpha value is -2.28. The van der Waals surface area contributed by atoms with Gasteiger partial charge in [-0.1, -0.05) is 12.1 Å². The van der Waals surface area contributed by atoms with Gasteiger partial charge in [0.25, 0.3) is 5.91 Å². The van der Waals surface area contributed by atoms with Crippen LogP contribution < -0.4 is 5.32 Å². The molecule has 0 aliphatic heterocycles. The van der Waals surface area contributed by atoms with E-state index in [9.17, 15) is 14.0 Å². The topological polar surface area (TPSA) is 79.3 Å². The standard InChI is InChI=1S/C17H19FN2O3S/c1-17(2,8-7-15(21)22)20-16(23)13-10-24-14(19-13)9-11-3-5-12(18)6-4-11/h3-6,10H,7-9H2,1-2H3,(H,20,23)(H,21,22). The fourth-order valence-electron chi connectivity index (χ4n) is 2.13. The van der Waals surface area contributed by atoms with Crippen molar-refractivity contribution < 1.29 is 19.1 Å². The van der Waals surface area contributed by atoms with Gasteiger partial charge in [0.1, 0.15) is 11.5 Å². The first-order chi connectivity index (χ1) is 11.2. The number of benzene rings is 1. The molecule has 1 amide bonds. The fourth-order valence-corrected chi connectivity index (χ4v) is 2.94. The molecule has 128 valence electrons. The van der Waals surface area contributed by atoms with E-state index in [-0.39, 0.29) is 18.1 Å². The van der Waals surface area contributed by atoms with Gasteiger partial charge < -0.3 is 10.4 Å². The van der Waals surface area contributed by atoms with E-state index in [0.29, 0.717) is 18.5 Å². The number of carboxylic acid groups (broad SMARTS) is 1. The Kier molecular flexibility index (Phi) is 5.66. The van der Waals surface area contributed by atoms with Crippen LogP contribution >= 0.6 is 11.3 Å². The monoisotopic (exact) mass is 350 g/mol. The molecule has 0 fully saturated rings. The molecule has 5 nitrogen and oxygen atoms in total. The Morgan fingerprint density at radius 2 is 1.96 bits per heavy atom. The zero-order valence-electron chi connectivity index (χ0n) is 13.5. The molecule has 0 radical (unpaired) electrons. The Bertz CT molecular complexity index is 726. The van der Waals surface area contributed by atoms with E-state index < -0.39 is 11.5 Å². The van der Waals surface area contributed by atoms with Crippen LogP contribution in [0.3, 0.4) is 0 Å². The van der Waals surface area contributed by atoms with Crippen molar-refractivity contribution in [2.75, 3.05) is 0 Å². The summed E-state index contributed by atoms with van der Waals surface area (Å²) in [5, 5.41) is 14.0. The maximum Gasteiger partial charge on any atom is 0.303 e. The van der Waals surface area contributed by atoms with Gasteiger partial charge in [-0.05, 0) is 38.0 Å².